The highest BCUT2D eigenvalue weighted by Gasteiger charge is 2.30. The van der Waals surface area contributed by atoms with Gasteiger partial charge in [-0.1, -0.05) is 17.7 Å². The van der Waals surface area contributed by atoms with Gasteiger partial charge in [0, 0.05) is 31.2 Å². The topological polar surface area (TPSA) is 102 Å². The minimum atomic E-state index is -3.67. The monoisotopic (exact) mass is 496 g/mol. The molecule has 2 aromatic carbocycles. The van der Waals surface area contributed by atoms with Crippen molar-refractivity contribution in [1.82, 2.24) is 9.21 Å². The van der Waals surface area contributed by atoms with Crippen LogP contribution in [0.3, 0.4) is 0 Å². The number of ether oxygens (including phenoxy) is 3. The smallest absolute Gasteiger partial charge is 0.344 e. The summed E-state index contributed by atoms with van der Waals surface area (Å²) in [7, 11) is -2.17. The van der Waals surface area contributed by atoms with Gasteiger partial charge in [0.25, 0.3) is 5.91 Å². The number of methoxy groups -OCH3 is 1. The summed E-state index contributed by atoms with van der Waals surface area (Å²) in [6, 6.07) is 11.2. The molecule has 0 aromatic heterocycles. The highest BCUT2D eigenvalue weighted by Crippen LogP contribution is 2.27. The van der Waals surface area contributed by atoms with Crippen molar-refractivity contribution in [2.45, 2.75) is 11.8 Å². The number of rotatable bonds is 8. The van der Waals surface area contributed by atoms with Crippen molar-refractivity contribution in [3.05, 3.63) is 53.1 Å². The Morgan fingerprint density at radius 2 is 1.64 bits per heavy atom. The summed E-state index contributed by atoms with van der Waals surface area (Å²) in [6.45, 7) is 1.75. The Morgan fingerprint density at radius 1 is 0.970 bits per heavy atom. The number of nitrogens with zero attached hydrogens (tertiary/aromatic N) is 2. The predicted molar refractivity (Wildman–Crippen MR) is 121 cm³/mol. The third-order valence-corrected chi connectivity index (χ3v) is 7.23. The summed E-state index contributed by atoms with van der Waals surface area (Å²) >= 11 is 5.82. The van der Waals surface area contributed by atoms with Crippen LogP contribution < -0.4 is 9.47 Å². The Balaban J connectivity index is 1.44. The minimum absolute atomic E-state index is 0.140. The molecule has 0 aliphatic carbocycles. The first-order valence-corrected chi connectivity index (χ1v) is 12.0. The van der Waals surface area contributed by atoms with E-state index < -0.39 is 28.5 Å². The van der Waals surface area contributed by atoms with Crippen LogP contribution in [0.15, 0.2) is 47.4 Å². The zero-order valence-electron chi connectivity index (χ0n) is 18.3. The quantitative estimate of drug-likeness (QED) is 0.516. The summed E-state index contributed by atoms with van der Waals surface area (Å²) < 4.78 is 42.4. The third kappa shape index (κ3) is 6.37. The fourth-order valence-electron chi connectivity index (χ4n) is 3.24. The van der Waals surface area contributed by atoms with Crippen molar-refractivity contribution in [3.63, 3.8) is 0 Å². The number of esters is 1. The molecule has 1 aliphatic rings. The molecule has 1 saturated heterocycles. The van der Waals surface area contributed by atoms with Crippen LogP contribution >= 0.6 is 11.6 Å². The molecule has 11 heteroatoms. The number of halogens is 1. The van der Waals surface area contributed by atoms with Crippen molar-refractivity contribution < 1.29 is 32.2 Å². The zero-order chi connectivity index (χ0) is 24.0. The fourth-order valence-corrected chi connectivity index (χ4v) is 4.79. The Morgan fingerprint density at radius 3 is 2.27 bits per heavy atom. The zero-order valence-corrected chi connectivity index (χ0v) is 19.9. The normalized spacial score (nSPS) is 14.6. The largest absolute Gasteiger partial charge is 0.493 e. The van der Waals surface area contributed by atoms with Gasteiger partial charge in [-0.25, -0.2) is 13.2 Å². The summed E-state index contributed by atoms with van der Waals surface area (Å²) in [6.07, 6.45) is 0. The molecule has 178 valence electrons. The highest BCUT2D eigenvalue weighted by molar-refractivity contribution is 7.89. The lowest BCUT2D eigenvalue weighted by atomic mass is 10.2. The molecule has 1 amide bonds. The molecule has 0 saturated carbocycles. The number of piperazine rings is 1. The van der Waals surface area contributed by atoms with Gasteiger partial charge in [0.05, 0.1) is 12.0 Å². The lowest BCUT2D eigenvalue weighted by molar-refractivity contribution is -0.154. The maximum absolute atomic E-state index is 12.7. The van der Waals surface area contributed by atoms with Crippen LogP contribution in [-0.2, 0) is 24.3 Å². The first-order valence-electron chi connectivity index (χ1n) is 10.2. The molecule has 0 N–H and O–H groups in total. The second kappa shape index (κ2) is 10.9. The lowest BCUT2D eigenvalue weighted by Crippen LogP contribution is -2.51. The number of hydrogen-bond acceptors (Lipinski definition) is 7. The molecule has 0 atom stereocenters. The van der Waals surface area contributed by atoms with Crippen LogP contribution in [0.2, 0.25) is 5.02 Å². The molecule has 33 heavy (non-hydrogen) atoms. The second-order valence-electron chi connectivity index (χ2n) is 7.34. The van der Waals surface area contributed by atoms with Crippen molar-refractivity contribution in [1.29, 1.82) is 0 Å². The van der Waals surface area contributed by atoms with Crippen molar-refractivity contribution >= 4 is 33.5 Å². The molecule has 0 radical (unpaired) electrons. The molecular weight excluding hydrogens is 472 g/mol. The lowest BCUT2D eigenvalue weighted by Gasteiger charge is -2.33. The van der Waals surface area contributed by atoms with Crippen LogP contribution in [0.1, 0.15) is 5.56 Å². The molecule has 3 rings (SSSR count). The fraction of sp³-hybridized carbons (Fsp3) is 0.364. The van der Waals surface area contributed by atoms with Gasteiger partial charge >= 0.3 is 5.97 Å². The van der Waals surface area contributed by atoms with E-state index in [-0.39, 0.29) is 37.7 Å². The third-order valence-electron chi connectivity index (χ3n) is 5.06. The first-order chi connectivity index (χ1) is 15.7. The van der Waals surface area contributed by atoms with E-state index >= 15 is 0 Å². The van der Waals surface area contributed by atoms with E-state index in [0.29, 0.717) is 16.5 Å². The van der Waals surface area contributed by atoms with Gasteiger partial charge in [-0.15, -0.1) is 0 Å². The summed E-state index contributed by atoms with van der Waals surface area (Å²) in [5.74, 6) is -0.218. The molecule has 1 heterocycles. The van der Waals surface area contributed by atoms with E-state index in [0.717, 1.165) is 5.56 Å². The van der Waals surface area contributed by atoms with Crippen LogP contribution in [0.5, 0.6) is 11.5 Å². The summed E-state index contributed by atoms with van der Waals surface area (Å²) in [5.41, 5.74) is 0.980. The van der Waals surface area contributed by atoms with Gasteiger partial charge in [0.15, 0.2) is 24.7 Å². The number of amides is 1. The second-order valence-corrected chi connectivity index (χ2v) is 9.72. The van der Waals surface area contributed by atoms with E-state index in [4.69, 9.17) is 25.8 Å². The molecule has 0 bridgehead atoms. The Hall–Kier alpha value is -2.82. The van der Waals surface area contributed by atoms with E-state index in [2.05, 4.69) is 0 Å². The molecular formula is C22H25ClN2O7S. The van der Waals surface area contributed by atoms with Crippen LogP contribution in [0.4, 0.5) is 0 Å². The molecule has 1 aliphatic heterocycles. The summed E-state index contributed by atoms with van der Waals surface area (Å²) in [5, 5.41) is 0.447. The SMILES string of the molecule is COc1cc(C)ccc1OCC(=O)OCC(=O)N1CCN(S(=O)(=O)c2ccc(Cl)cc2)CC1. The van der Waals surface area contributed by atoms with Crippen LogP contribution in [-0.4, -0.2) is 76.0 Å². The number of carbonyl (C=O) groups is 2. The maximum atomic E-state index is 12.7. The molecule has 2 aromatic rings. The Bertz CT molecular complexity index is 1100. The van der Waals surface area contributed by atoms with Crippen molar-refractivity contribution in [2.75, 3.05) is 46.5 Å². The maximum Gasteiger partial charge on any atom is 0.344 e. The van der Waals surface area contributed by atoms with Gasteiger partial charge in [-0.2, -0.15) is 4.31 Å². The molecule has 0 spiro atoms. The van der Waals surface area contributed by atoms with Gasteiger partial charge in [-0.3, -0.25) is 4.79 Å². The van der Waals surface area contributed by atoms with E-state index in [1.807, 2.05) is 13.0 Å². The number of benzene rings is 2. The number of sulfonamides is 1. The van der Waals surface area contributed by atoms with E-state index in [1.54, 1.807) is 12.1 Å². The van der Waals surface area contributed by atoms with Gasteiger partial charge < -0.3 is 19.1 Å². The van der Waals surface area contributed by atoms with Crippen LogP contribution in [0, 0.1) is 6.92 Å². The predicted octanol–water partition coefficient (Wildman–Crippen LogP) is 2.11. The Labute approximate surface area is 197 Å². The van der Waals surface area contributed by atoms with Gasteiger partial charge in [0.2, 0.25) is 10.0 Å². The average molecular weight is 497 g/mol. The van der Waals surface area contributed by atoms with Gasteiger partial charge in [0.1, 0.15) is 0 Å². The van der Waals surface area contributed by atoms with E-state index in [9.17, 15) is 18.0 Å². The van der Waals surface area contributed by atoms with Crippen molar-refractivity contribution in [3.8, 4) is 11.5 Å². The molecule has 9 nitrogen and oxygen atoms in total. The minimum Gasteiger partial charge on any atom is -0.493 e. The summed E-state index contributed by atoms with van der Waals surface area (Å²) in [4.78, 5) is 26.0. The number of hydrogen-bond donors (Lipinski definition) is 0. The standard InChI is InChI=1S/C22H25ClN2O7S/c1-16-3-8-19(20(13-16)30-2)31-15-22(27)32-14-21(26)24-9-11-25(12-10-24)33(28,29)18-6-4-17(23)5-7-18/h3-8,13H,9-12,14-15H2,1-2H3. The number of aryl methyl sites for hydroxylation is 1. The van der Waals surface area contributed by atoms with Crippen LogP contribution in [0.25, 0.3) is 0 Å². The Kier molecular flexibility index (Phi) is 8.17. The van der Waals surface area contributed by atoms with Crippen molar-refractivity contribution in [2.24, 2.45) is 0 Å². The molecule has 0 unspecified atom stereocenters. The van der Waals surface area contributed by atoms with Gasteiger partial charge in [-0.05, 0) is 48.9 Å². The first kappa shape index (κ1) is 24.8. The molecule has 1 fully saturated rings. The highest BCUT2D eigenvalue weighted by atomic mass is 35.5. The number of carbonyl (C=O) groups excluding carboxylic acids is 2. The average Bonchev–Trinajstić information content (AvgIpc) is 2.82. The van der Waals surface area contributed by atoms with E-state index in [1.165, 1.54) is 40.6 Å².